The average molecular weight is 366 g/mol. The van der Waals surface area contributed by atoms with E-state index in [1.165, 1.54) is 11.4 Å². The van der Waals surface area contributed by atoms with Gasteiger partial charge in [0.15, 0.2) is 11.1 Å². The van der Waals surface area contributed by atoms with Crippen LogP contribution in [0.25, 0.3) is 10.8 Å². The monoisotopic (exact) mass is 366 g/mol. The Hall–Kier alpha value is -2.86. The second kappa shape index (κ2) is 6.46. The highest BCUT2D eigenvalue weighted by molar-refractivity contribution is 8.07. The van der Waals surface area contributed by atoms with Gasteiger partial charge in [-0.2, -0.15) is 8.42 Å². The number of nitrogens with zero attached hydrogens (tertiary/aromatic N) is 2. The lowest BCUT2D eigenvalue weighted by Crippen LogP contribution is -2.32. The van der Waals surface area contributed by atoms with Crippen molar-refractivity contribution >= 4 is 31.5 Å². The molecule has 0 aliphatic carbocycles. The normalized spacial score (nSPS) is 17.0. The maximum Gasteiger partial charge on any atom is 0.281 e. The molecule has 0 saturated heterocycles. The summed E-state index contributed by atoms with van der Waals surface area (Å²) in [6.45, 7) is 0. The van der Waals surface area contributed by atoms with Crippen LogP contribution in [0.4, 0.5) is 5.69 Å². The Morgan fingerprint density at radius 2 is 1.65 bits per heavy atom. The van der Waals surface area contributed by atoms with Gasteiger partial charge in [0.1, 0.15) is 0 Å². The van der Waals surface area contributed by atoms with Crippen LogP contribution < -0.4 is 4.31 Å². The SMILES string of the molecule is CN(c1ccccc1)S(=O)(=O)C1=NOC(c2ccc3ccccc3c2)C1. The zero-order valence-corrected chi connectivity index (χ0v) is 15.1. The molecule has 0 radical (unpaired) electrons. The first-order valence-corrected chi connectivity index (χ1v) is 9.75. The quantitative estimate of drug-likeness (QED) is 0.702. The standard InChI is InChI=1S/C20H18N2O3S/c1-22(18-9-3-2-4-10-18)26(23,24)20-14-19(25-21-20)17-12-11-15-7-5-6-8-16(15)13-17/h2-13,19H,14H2,1H3. The highest BCUT2D eigenvalue weighted by Gasteiger charge is 2.34. The Balaban J connectivity index is 1.57. The summed E-state index contributed by atoms with van der Waals surface area (Å²) in [5.74, 6) is 0. The number of anilines is 1. The van der Waals surface area contributed by atoms with Crippen molar-refractivity contribution in [3.63, 3.8) is 0 Å². The van der Waals surface area contributed by atoms with Crippen LogP contribution in [0.3, 0.4) is 0 Å². The molecule has 3 aromatic carbocycles. The van der Waals surface area contributed by atoms with Crippen LogP contribution in [-0.4, -0.2) is 20.5 Å². The minimum atomic E-state index is -3.72. The molecule has 0 fully saturated rings. The van der Waals surface area contributed by atoms with Crippen molar-refractivity contribution in [1.82, 2.24) is 0 Å². The van der Waals surface area contributed by atoms with Gasteiger partial charge in [-0.15, -0.1) is 0 Å². The third-order valence-corrected chi connectivity index (χ3v) is 6.33. The highest BCUT2D eigenvalue weighted by Crippen LogP contribution is 2.32. The summed E-state index contributed by atoms with van der Waals surface area (Å²) in [4.78, 5) is 5.46. The lowest BCUT2D eigenvalue weighted by Gasteiger charge is -2.18. The minimum Gasteiger partial charge on any atom is -0.386 e. The number of hydrogen-bond donors (Lipinski definition) is 0. The van der Waals surface area contributed by atoms with E-state index in [0.29, 0.717) is 5.69 Å². The van der Waals surface area contributed by atoms with Crippen LogP contribution in [0.2, 0.25) is 0 Å². The van der Waals surface area contributed by atoms with Gasteiger partial charge in [-0.25, -0.2) is 0 Å². The van der Waals surface area contributed by atoms with Gasteiger partial charge in [-0.1, -0.05) is 59.8 Å². The topological polar surface area (TPSA) is 59.0 Å². The first-order chi connectivity index (χ1) is 12.6. The van der Waals surface area contributed by atoms with Crippen LogP contribution in [0.1, 0.15) is 18.1 Å². The first kappa shape index (κ1) is 16.6. The van der Waals surface area contributed by atoms with Crippen molar-refractivity contribution in [1.29, 1.82) is 0 Å². The average Bonchev–Trinajstić information content (AvgIpc) is 3.19. The predicted molar refractivity (Wildman–Crippen MR) is 104 cm³/mol. The molecule has 1 unspecified atom stereocenters. The smallest absolute Gasteiger partial charge is 0.281 e. The fourth-order valence-electron chi connectivity index (χ4n) is 3.03. The fourth-order valence-corrected chi connectivity index (χ4v) is 4.24. The molecule has 0 saturated carbocycles. The van der Waals surface area contributed by atoms with E-state index < -0.39 is 16.1 Å². The van der Waals surface area contributed by atoms with Crippen LogP contribution >= 0.6 is 0 Å². The third kappa shape index (κ3) is 2.93. The maximum absolute atomic E-state index is 12.8. The van der Waals surface area contributed by atoms with Crippen LogP contribution in [0, 0.1) is 0 Å². The van der Waals surface area contributed by atoms with E-state index in [1.54, 1.807) is 24.3 Å². The van der Waals surface area contributed by atoms with Gasteiger partial charge in [-0.05, 0) is 34.5 Å². The second-order valence-electron chi connectivity index (χ2n) is 6.20. The van der Waals surface area contributed by atoms with E-state index in [1.807, 2.05) is 48.5 Å². The van der Waals surface area contributed by atoms with Crippen molar-refractivity contribution in [2.45, 2.75) is 12.5 Å². The van der Waals surface area contributed by atoms with Crippen LogP contribution in [0.5, 0.6) is 0 Å². The molecule has 3 aromatic rings. The molecule has 5 nitrogen and oxygen atoms in total. The Labute approximate surface area is 152 Å². The van der Waals surface area contributed by atoms with E-state index in [4.69, 9.17) is 4.84 Å². The number of sulfonamides is 1. The summed E-state index contributed by atoms with van der Waals surface area (Å²) >= 11 is 0. The number of oxime groups is 1. The van der Waals surface area contributed by atoms with Gasteiger partial charge in [0.25, 0.3) is 10.0 Å². The van der Waals surface area contributed by atoms with Crippen LogP contribution in [-0.2, 0) is 14.9 Å². The van der Waals surface area contributed by atoms with Crippen molar-refractivity contribution < 1.29 is 13.3 Å². The first-order valence-electron chi connectivity index (χ1n) is 8.31. The Morgan fingerprint density at radius 3 is 2.42 bits per heavy atom. The molecule has 6 heteroatoms. The van der Waals surface area contributed by atoms with E-state index in [-0.39, 0.29) is 11.5 Å². The van der Waals surface area contributed by atoms with Gasteiger partial charge < -0.3 is 4.84 Å². The third-order valence-electron chi connectivity index (χ3n) is 4.57. The fraction of sp³-hybridized carbons (Fsp3) is 0.150. The molecule has 0 spiro atoms. The lowest BCUT2D eigenvalue weighted by atomic mass is 10.0. The molecule has 26 heavy (non-hydrogen) atoms. The molecule has 0 bridgehead atoms. The summed E-state index contributed by atoms with van der Waals surface area (Å²) in [6.07, 6.45) is -0.175. The van der Waals surface area contributed by atoms with Crippen molar-refractivity contribution in [3.05, 3.63) is 78.4 Å². The largest absolute Gasteiger partial charge is 0.386 e. The molecule has 0 aromatic heterocycles. The molecular formula is C20H18N2O3S. The Kier molecular flexibility index (Phi) is 4.12. The summed E-state index contributed by atoms with van der Waals surface area (Å²) in [5, 5.41) is 6.14. The predicted octanol–water partition coefficient (Wildman–Crippen LogP) is 4.08. The van der Waals surface area contributed by atoms with Crippen molar-refractivity contribution in [2.75, 3.05) is 11.4 Å². The summed E-state index contributed by atoms with van der Waals surface area (Å²) in [5.41, 5.74) is 1.50. The van der Waals surface area contributed by atoms with Gasteiger partial charge in [0, 0.05) is 7.05 Å². The van der Waals surface area contributed by atoms with E-state index >= 15 is 0 Å². The van der Waals surface area contributed by atoms with E-state index in [9.17, 15) is 8.42 Å². The number of rotatable bonds is 3. The van der Waals surface area contributed by atoms with Gasteiger partial charge in [-0.3, -0.25) is 4.31 Å². The summed E-state index contributed by atoms with van der Waals surface area (Å²) in [7, 11) is -2.19. The number of hydrogen-bond acceptors (Lipinski definition) is 4. The zero-order chi connectivity index (χ0) is 18.1. The van der Waals surface area contributed by atoms with Crippen molar-refractivity contribution in [2.24, 2.45) is 5.16 Å². The number of fused-ring (bicyclic) bond motifs is 1. The molecule has 0 N–H and O–H groups in total. The van der Waals surface area contributed by atoms with Crippen LogP contribution in [0.15, 0.2) is 78.0 Å². The van der Waals surface area contributed by atoms with Gasteiger partial charge >= 0.3 is 0 Å². The highest BCUT2D eigenvalue weighted by atomic mass is 32.2. The minimum absolute atomic E-state index is 0.0435. The second-order valence-corrected chi connectivity index (χ2v) is 8.17. The van der Waals surface area contributed by atoms with Gasteiger partial charge in [0.2, 0.25) is 0 Å². The Bertz CT molecular complexity index is 1080. The lowest BCUT2D eigenvalue weighted by molar-refractivity contribution is 0.0859. The molecule has 132 valence electrons. The molecule has 1 atom stereocenters. The molecule has 1 aliphatic rings. The summed E-state index contributed by atoms with van der Waals surface area (Å²) in [6, 6.07) is 22.9. The molecule has 1 aliphatic heterocycles. The van der Waals surface area contributed by atoms with Gasteiger partial charge in [0.05, 0.1) is 12.1 Å². The van der Waals surface area contributed by atoms with Crippen molar-refractivity contribution in [3.8, 4) is 0 Å². The molecule has 4 rings (SSSR count). The maximum atomic E-state index is 12.8. The molecule has 1 heterocycles. The molecular weight excluding hydrogens is 348 g/mol. The van der Waals surface area contributed by atoms with E-state index in [0.717, 1.165) is 16.3 Å². The number of benzene rings is 3. The number of para-hydroxylation sites is 1. The Morgan fingerprint density at radius 1 is 0.962 bits per heavy atom. The summed E-state index contributed by atoms with van der Waals surface area (Å²) < 4.78 is 26.9. The molecule has 0 amide bonds. The van der Waals surface area contributed by atoms with E-state index in [2.05, 4.69) is 5.16 Å². The zero-order valence-electron chi connectivity index (χ0n) is 14.2.